The molecule has 2 aromatic rings. The van der Waals surface area contributed by atoms with Crippen molar-refractivity contribution in [2.75, 3.05) is 12.4 Å². The first-order valence-corrected chi connectivity index (χ1v) is 7.73. The summed E-state index contributed by atoms with van der Waals surface area (Å²) in [4.78, 5) is 25.4. The van der Waals surface area contributed by atoms with Crippen molar-refractivity contribution < 1.29 is 14.3 Å². The van der Waals surface area contributed by atoms with E-state index in [0.29, 0.717) is 16.1 Å². The van der Waals surface area contributed by atoms with Gasteiger partial charge in [0.05, 0.1) is 12.7 Å². The Kier molecular flexibility index (Phi) is 4.66. The molecular weight excluding hydrogens is 298 g/mol. The van der Waals surface area contributed by atoms with Gasteiger partial charge in [0.25, 0.3) is 5.91 Å². The van der Waals surface area contributed by atoms with E-state index < -0.39 is 5.97 Å². The van der Waals surface area contributed by atoms with Gasteiger partial charge in [0.2, 0.25) is 0 Å². The number of hydrogen-bond acceptors (Lipinski definition) is 4. The monoisotopic (exact) mass is 317 g/mol. The molecule has 0 bridgehead atoms. The minimum Gasteiger partial charge on any atom is -0.465 e. The lowest BCUT2D eigenvalue weighted by molar-refractivity contribution is 0.0601. The molecule has 0 saturated carbocycles. The number of carbonyl (C=O) groups excluding carboxylic acids is 2. The zero-order chi connectivity index (χ0) is 16.4. The van der Waals surface area contributed by atoms with Crippen LogP contribution in [0, 0.1) is 27.7 Å². The van der Waals surface area contributed by atoms with Gasteiger partial charge in [-0.05, 0) is 44.9 Å². The Morgan fingerprint density at radius 1 is 1.14 bits per heavy atom. The molecule has 0 aliphatic carbocycles. The first-order chi connectivity index (χ1) is 10.3. The van der Waals surface area contributed by atoms with E-state index in [4.69, 9.17) is 4.74 Å². The second kappa shape index (κ2) is 6.32. The molecule has 1 heterocycles. The number of carbonyl (C=O) groups is 2. The third kappa shape index (κ3) is 3.04. The quantitative estimate of drug-likeness (QED) is 0.870. The standard InChI is InChI=1S/C17H19NO3S/c1-9-6-7-13(10(2)8-9)15(19)18-16-14(17(20)21-5)11(3)12(4)22-16/h6-8H,1-5H3,(H,18,19). The first-order valence-electron chi connectivity index (χ1n) is 6.92. The number of aryl methyl sites for hydroxylation is 3. The summed E-state index contributed by atoms with van der Waals surface area (Å²) in [6.07, 6.45) is 0. The Morgan fingerprint density at radius 2 is 1.82 bits per heavy atom. The summed E-state index contributed by atoms with van der Waals surface area (Å²) in [5.41, 5.74) is 3.88. The average molecular weight is 317 g/mol. The fourth-order valence-corrected chi connectivity index (χ4v) is 3.35. The van der Waals surface area contributed by atoms with Crippen LogP contribution in [0.4, 0.5) is 5.00 Å². The Labute approximate surface area is 134 Å². The second-order valence-electron chi connectivity index (χ2n) is 5.25. The lowest BCUT2D eigenvalue weighted by Gasteiger charge is -2.09. The first kappa shape index (κ1) is 16.2. The van der Waals surface area contributed by atoms with E-state index in [0.717, 1.165) is 21.6 Å². The van der Waals surface area contributed by atoms with Crippen LogP contribution in [0.15, 0.2) is 18.2 Å². The number of thiophene rings is 1. The normalized spacial score (nSPS) is 10.4. The molecule has 5 heteroatoms. The maximum atomic E-state index is 12.5. The molecule has 0 aliphatic rings. The number of nitrogens with one attached hydrogen (secondary N) is 1. The Hall–Kier alpha value is -2.14. The van der Waals surface area contributed by atoms with E-state index in [2.05, 4.69) is 5.32 Å². The number of hydrogen-bond donors (Lipinski definition) is 1. The van der Waals surface area contributed by atoms with E-state index >= 15 is 0 Å². The van der Waals surface area contributed by atoms with Gasteiger partial charge >= 0.3 is 5.97 Å². The largest absolute Gasteiger partial charge is 0.465 e. The molecule has 0 atom stereocenters. The van der Waals surface area contributed by atoms with Crippen molar-refractivity contribution in [2.24, 2.45) is 0 Å². The van der Waals surface area contributed by atoms with Crippen LogP contribution < -0.4 is 5.32 Å². The van der Waals surface area contributed by atoms with Crippen LogP contribution in [-0.4, -0.2) is 19.0 Å². The summed E-state index contributed by atoms with van der Waals surface area (Å²) in [7, 11) is 1.34. The Morgan fingerprint density at radius 3 is 2.41 bits per heavy atom. The zero-order valence-corrected chi connectivity index (χ0v) is 14.2. The van der Waals surface area contributed by atoms with Gasteiger partial charge in [-0.1, -0.05) is 17.7 Å². The van der Waals surface area contributed by atoms with E-state index in [1.807, 2.05) is 39.8 Å². The number of anilines is 1. The fourth-order valence-electron chi connectivity index (χ4n) is 2.30. The smallest absolute Gasteiger partial charge is 0.341 e. The van der Waals surface area contributed by atoms with Crippen LogP contribution in [0.3, 0.4) is 0 Å². The highest BCUT2D eigenvalue weighted by molar-refractivity contribution is 7.16. The Balaban J connectivity index is 2.36. The van der Waals surface area contributed by atoms with E-state index in [-0.39, 0.29) is 5.91 Å². The van der Waals surface area contributed by atoms with Gasteiger partial charge in [0.1, 0.15) is 5.00 Å². The van der Waals surface area contributed by atoms with Gasteiger partial charge in [-0.3, -0.25) is 4.79 Å². The van der Waals surface area contributed by atoms with Crippen LogP contribution in [0.2, 0.25) is 0 Å². The molecule has 0 fully saturated rings. The van der Waals surface area contributed by atoms with Gasteiger partial charge in [-0.15, -0.1) is 11.3 Å². The molecule has 0 spiro atoms. The van der Waals surface area contributed by atoms with Crippen molar-refractivity contribution in [3.05, 3.63) is 50.9 Å². The molecule has 2 rings (SSSR count). The minimum absolute atomic E-state index is 0.219. The van der Waals surface area contributed by atoms with Crippen molar-refractivity contribution in [1.29, 1.82) is 0 Å². The summed E-state index contributed by atoms with van der Waals surface area (Å²) in [6.45, 7) is 7.65. The van der Waals surface area contributed by atoms with Gasteiger partial charge in [0.15, 0.2) is 0 Å². The summed E-state index contributed by atoms with van der Waals surface area (Å²) < 4.78 is 4.81. The lowest BCUT2D eigenvalue weighted by atomic mass is 10.1. The van der Waals surface area contributed by atoms with E-state index in [1.165, 1.54) is 18.4 Å². The summed E-state index contributed by atoms with van der Waals surface area (Å²) in [5, 5.41) is 3.38. The van der Waals surface area contributed by atoms with Gasteiger partial charge in [-0.25, -0.2) is 4.79 Å². The number of amides is 1. The molecule has 0 radical (unpaired) electrons. The van der Waals surface area contributed by atoms with Crippen LogP contribution in [0.5, 0.6) is 0 Å². The molecule has 22 heavy (non-hydrogen) atoms. The number of esters is 1. The molecule has 0 saturated heterocycles. The number of benzene rings is 1. The highest BCUT2D eigenvalue weighted by atomic mass is 32.1. The average Bonchev–Trinajstić information content (AvgIpc) is 2.72. The van der Waals surface area contributed by atoms with E-state index in [9.17, 15) is 9.59 Å². The molecule has 116 valence electrons. The summed E-state index contributed by atoms with van der Waals surface area (Å²) in [5.74, 6) is -0.651. The van der Waals surface area contributed by atoms with Crippen LogP contribution in [0.25, 0.3) is 0 Å². The second-order valence-corrected chi connectivity index (χ2v) is 6.48. The van der Waals surface area contributed by atoms with Crippen LogP contribution in [0.1, 0.15) is 42.3 Å². The topological polar surface area (TPSA) is 55.4 Å². The van der Waals surface area contributed by atoms with Crippen LogP contribution >= 0.6 is 11.3 Å². The van der Waals surface area contributed by atoms with Gasteiger partial charge in [-0.2, -0.15) is 0 Å². The molecule has 1 amide bonds. The molecule has 0 aliphatic heterocycles. The fraction of sp³-hybridized carbons (Fsp3) is 0.294. The van der Waals surface area contributed by atoms with Crippen molar-refractivity contribution in [2.45, 2.75) is 27.7 Å². The maximum Gasteiger partial charge on any atom is 0.341 e. The van der Waals surface area contributed by atoms with E-state index in [1.54, 1.807) is 6.07 Å². The third-order valence-corrected chi connectivity index (χ3v) is 4.75. The molecule has 4 nitrogen and oxygen atoms in total. The van der Waals surface area contributed by atoms with Crippen molar-refractivity contribution in [1.82, 2.24) is 0 Å². The highest BCUT2D eigenvalue weighted by Crippen LogP contribution is 2.33. The number of ether oxygens (including phenoxy) is 1. The maximum absolute atomic E-state index is 12.5. The van der Waals surface area contributed by atoms with Crippen LogP contribution in [-0.2, 0) is 4.74 Å². The van der Waals surface area contributed by atoms with Crippen molar-refractivity contribution in [3.63, 3.8) is 0 Å². The number of methoxy groups -OCH3 is 1. The molecule has 1 aromatic heterocycles. The van der Waals surface area contributed by atoms with Gasteiger partial charge < -0.3 is 10.1 Å². The SMILES string of the molecule is COC(=O)c1c(NC(=O)c2ccc(C)cc2C)sc(C)c1C. The van der Waals surface area contributed by atoms with Crippen molar-refractivity contribution >= 4 is 28.2 Å². The lowest BCUT2D eigenvalue weighted by Crippen LogP contribution is -2.15. The Bertz CT molecular complexity index is 747. The molecule has 0 unspecified atom stereocenters. The number of rotatable bonds is 3. The highest BCUT2D eigenvalue weighted by Gasteiger charge is 2.22. The summed E-state index contributed by atoms with van der Waals surface area (Å²) >= 11 is 1.38. The molecular formula is C17H19NO3S. The predicted molar refractivity (Wildman–Crippen MR) is 89.0 cm³/mol. The zero-order valence-electron chi connectivity index (χ0n) is 13.4. The van der Waals surface area contributed by atoms with Gasteiger partial charge in [0, 0.05) is 10.4 Å². The minimum atomic E-state index is -0.433. The van der Waals surface area contributed by atoms with Crippen molar-refractivity contribution in [3.8, 4) is 0 Å². The third-order valence-electron chi connectivity index (χ3n) is 3.63. The summed E-state index contributed by atoms with van der Waals surface area (Å²) in [6, 6.07) is 5.65. The molecule has 1 aromatic carbocycles. The predicted octanol–water partition coefficient (Wildman–Crippen LogP) is 4.02. The molecule has 1 N–H and O–H groups in total.